The lowest BCUT2D eigenvalue weighted by atomic mass is 10.1. The second-order valence-corrected chi connectivity index (χ2v) is 4.71. The van der Waals surface area contributed by atoms with Gasteiger partial charge in [0.2, 0.25) is 0 Å². The highest BCUT2D eigenvalue weighted by molar-refractivity contribution is 6.05. The highest BCUT2D eigenvalue weighted by Gasteiger charge is 2.12. The van der Waals surface area contributed by atoms with E-state index in [1.54, 1.807) is 31.2 Å². The Morgan fingerprint density at radius 2 is 1.95 bits per heavy atom. The van der Waals surface area contributed by atoms with Crippen LogP contribution in [0.2, 0.25) is 0 Å². The van der Waals surface area contributed by atoms with Crippen molar-refractivity contribution in [2.45, 2.75) is 13.8 Å². The molecule has 0 aliphatic rings. The number of rotatable bonds is 5. The number of aryl methyl sites for hydroxylation is 1. The predicted molar refractivity (Wildman–Crippen MR) is 83.3 cm³/mol. The van der Waals surface area contributed by atoms with Gasteiger partial charge in [0.1, 0.15) is 5.82 Å². The smallest absolute Gasteiger partial charge is 0.255 e. The number of nitrogens with one attached hydrogen (secondary N) is 1. The zero-order chi connectivity index (χ0) is 16.1. The summed E-state index contributed by atoms with van der Waals surface area (Å²) < 4.78 is 23.9. The van der Waals surface area contributed by atoms with Crippen molar-refractivity contribution in [2.75, 3.05) is 19.0 Å². The Bertz CT molecular complexity index is 686. The molecule has 0 aromatic heterocycles. The van der Waals surface area contributed by atoms with Crippen LogP contribution in [0.1, 0.15) is 22.8 Å². The van der Waals surface area contributed by atoms with Crippen molar-refractivity contribution in [1.82, 2.24) is 0 Å². The van der Waals surface area contributed by atoms with Gasteiger partial charge in [-0.15, -0.1) is 0 Å². The first-order valence-electron chi connectivity index (χ1n) is 6.93. The van der Waals surface area contributed by atoms with E-state index in [1.165, 1.54) is 19.2 Å². The minimum Gasteiger partial charge on any atom is -0.493 e. The Labute approximate surface area is 128 Å². The van der Waals surface area contributed by atoms with Crippen LogP contribution in [0.25, 0.3) is 0 Å². The topological polar surface area (TPSA) is 47.6 Å². The normalized spacial score (nSPS) is 10.2. The lowest BCUT2D eigenvalue weighted by Crippen LogP contribution is -2.13. The van der Waals surface area contributed by atoms with Crippen LogP contribution in [0, 0.1) is 12.7 Å². The molecule has 22 heavy (non-hydrogen) atoms. The van der Waals surface area contributed by atoms with Crippen molar-refractivity contribution in [1.29, 1.82) is 0 Å². The van der Waals surface area contributed by atoms with E-state index in [9.17, 15) is 9.18 Å². The molecule has 1 N–H and O–H groups in total. The standard InChI is InChI=1S/C17H18FNO3/c1-4-22-15-8-6-12(9-16(15)21-3)17(20)19-14-10-13(18)7-5-11(14)2/h5-10H,4H2,1-3H3,(H,19,20). The second kappa shape index (κ2) is 6.93. The molecule has 0 saturated heterocycles. The number of ether oxygens (including phenoxy) is 2. The number of amides is 1. The molecule has 2 aromatic rings. The molecule has 0 atom stereocenters. The average Bonchev–Trinajstić information content (AvgIpc) is 2.51. The third-order valence-corrected chi connectivity index (χ3v) is 3.17. The van der Waals surface area contributed by atoms with E-state index in [-0.39, 0.29) is 5.91 Å². The highest BCUT2D eigenvalue weighted by Crippen LogP contribution is 2.28. The largest absolute Gasteiger partial charge is 0.493 e. The molecule has 0 spiro atoms. The molecular weight excluding hydrogens is 285 g/mol. The Kier molecular flexibility index (Phi) is 4.99. The average molecular weight is 303 g/mol. The Morgan fingerprint density at radius 1 is 1.18 bits per heavy atom. The van der Waals surface area contributed by atoms with E-state index in [0.717, 1.165) is 5.56 Å². The van der Waals surface area contributed by atoms with Gasteiger partial charge in [0.05, 0.1) is 13.7 Å². The van der Waals surface area contributed by atoms with Crippen molar-refractivity contribution in [2.24, 2.45) is 0 Å². The molecule has 1 amide bonds. The summed E-state index contributed by atoms with van der Waals surface area (Å²) in [7, 11) is 1.51. The fourth-order valence-electron chi connectivity index (χ4n) is 2.01. The number of halogens is 1. The number of hydrogen-bond donors (Lipinski definition) is 1. The van der Waals surface area contributed by atoms with Crippen molar-refractivity contribution in [3.05, 3.63) is 53.3 Å². The van der Waals surface area contributed by atoms with Gasteiger partial charge >= 0.3 is 0 Å². The molecule has 116 valence electrons. The van der Waals surface area contributed by atoms with Crippen LogP contribution in [0.15, 0.2) is 36.4 Å². The van der Waals surface area contributed by atoms with E-state index in [4.69, 9.17) is 9.47 Å². The van der Waals surface area contributed by atoms with Gasteiger partial charge in [0.25, 0.3) is 5.91 Å². The number of hydrogen-bond acceptors (Lipinski definition) is 3. The number of carbonyl (C=O) groups is 1. The summed E-state index contributed by atoms with van der Waals surface area (Å²) in [6.45, 7) is 4.17. The van der Waals surface area contributed by atoms with E-state index >= 15 is 0 Å². The van der Waals surface area contributed by atoms with Crippen LogP contribution in [-0.4, -0.2) is 19.6 Å². The first-order chi connectivity index (χ1) is 10.5. The molecule has 5 heteroatoms. The molecule has 2 rings (SSSR count). The third kappa shape index (κ3) is 3.55. The summed E-state index contributed by atoms with van der Waals surface area (Å²) in [6.07, 6.45) is 0. The monoisotopic (exact) mass is 303 g/mol. The van der Waals surface area contributed by atoms with Crippen molar-refractivity contribution in [3.63, 3.8) is 0 Å². The zero-order valence-corrected chi connectivity index (χ0v) is 12.8. The second-order valence-electron chi connectivity index (χ2n) is 4.71. The maximum atomic E-state index is 13.3. The van der Waals surface area contributed by atoms with Crippen LogP contribution in [0.5, 0.6) is 11.5 Å². The summed E-state index contributed by atoms with van der Waals surface area (Å²) in [5.74, 6) is 0.314. The minimum absolute atomic E-state index is 0.338. The summed E-state index contributed by atoms with van der Waals surface area (Å²) in [5, 5.41) is 2.69. The zero-order valence-electron chi connectivity index (χ0n) is 12.8. The SMILES string of the molecule is CCOc1ccc(C(=O)Nc2cc(F)ccc2C)cc1OC. The summed E-state index contributed by atoms with van der Waals surface area (Å²) in [5.41, 5.74) is 1.63. The molecule has 0 fully saturated rings. The van der Waals surface area contributed by atoms with E-state index in [2.05, 4.69) is 5.32 Å². The molecule has 0 heterocycles. The highest BCUT2D eigenvalue weighted by atomic mass is 19.1. The molecule has 0 aliphatic carbocycles. The van der Waals surface area contributed by atoms with Crippen molar-refractivity contribution >= 4 is 11.6 Å². The van der Waals surface area contributed by atoms with Crippen LogP contribution < -0.4 is 14.8 Å². The minimum atomic E-state index is -0.398. The van der Waals surface area contributed by atoms with Crippen molar-refractivity contribution in [3.8, 4) is 11.5 Å². The van der Waals surface area contributed by atoms with Crippen LogP contribution in [0.4, 0.5) is 10.1 Å². The van der Waals surface area contributed by atoms with Gasteiger partial charge in [0, 0.05) is 11.3 Å². The molecule has 0 radical (unpaired) electrons. The summed E-state index contributed by atoms with van der Waals surface area (Å²) in [4.78, 5) is 12.3. The quantitative estimate of drug-likeness (QED) is 0.914. The fraction of sp³-hybridized carbons (Fsp3) is 0.235. The molecule has 0 aliphatic heterocycles. The van der Waals surface area contributed by atoms with E-state index in [1.807, 2.05) is 6.92 Å². The van der Waals surface area contributed by atoms with Gasteiger partial charge in [0.15, 0.2) is 11.5 Å². The van der Waals surface area contributed by atoms with Gasteiger partial charge in [-0.1, -0.05) is 6.07 Å². The van der Waals surface area contributed by atoms with Gasteiger partial charge in [-0.05, 0) is 49.7 Å². The van der Waals surface area contributed by atoms with Gasteiger partial charge in [-0.3, -0.25) is 4.79 Å². The van der Waals surface area contributed by atoms with Gasteiger partial charge in [-0.2, -0.15) is 0 Å². The number of carbonyl (C=O) groups excluding carboxylic acids is 1. The molecule has 4 nitrogen and oxygen atoms in total. The number of benzene rings is 2. The first-order valence-corrected chi connectivity index (χ1v) is 6.93. The van der Waals surface area contributed by atoms with Gasteiger partial charge < -0.3 is 14.8 Å². The fourth-order valence-corrected chi connectivity index (χ4v) is 2.01. The lowest BCUT2D eigenvalue weighted by molar-refractivity contribution is 0.102. The number of anilines is 1. The molecule has 2 aromatic carbocycles. The van der Waals surface area contributed by atoms with Crippen LogP contribution in [0.3, 0.4) is 0 Å². The molecular formula is C17H18FNO3. The Hall–Kier alpha value is -2.56. The van der Waals surface area contributed by atoms with Crippen LogP contribution >= 0.6 is 0 Å². The predicted octanol–water partition coefficient (Wildman–Crippen LogP) is 3.79. The Morgan fingerprint density at radius 3 is 2.64 bits per heavy atom. The molecule has 0 saturated carbocycles. The maximum absolute atomic E-state index is 13.3. The van der Waals surface area contributed by atoms with Crippen molar-refractivity contribution < 1.29 is 18.7 Å². The van der Waals surface area contributed by atoms with E-state index in [0.29, 0.717) is 29.4 Å². The molecule has 0 unspecified atom stereocenters. The van der Waals surface area contributed by atoms with Gasteiger partial charge in [-0.25, -0.2) is 4.39 Å². The van der Waals surface area contributed by atoms with Crippen LogP contribution in [-0.2, 0) is 0 Å². The summed E-state index contributed by atoms with van der Waals surface area (Å²) >= 11 is 0. The third-order valence-electron chi connectivity index (χ3n) is 3.17. The summed E-state index contributed by atoms with van der Waals surface area (Å²) in [6, 6.07) is 9.16. The van der Waals surface area contributed by atoms with E-state index < -0.39 is 5.82 Å². The molecule has 0 bridgehead atoms. The number of methoxy groups -OCH3 is 1. The lowest BCUT2D eigenvalue weighted by Gasteiger charge is -2.12. The Balaban J connectivity index is 2.24. The first kappa shape index (κ1) is 15.8. The maximum Gasteiger partial charge on any atom is 0.255 e.